The first-order valence-corrected chi connectivity index (χ1v) is 9.97. The number of benzene rings is 2. The number of nitrogens with one attached hydrogen (secondary N) is 2. The highest BCUT2D eigenvalue weighted by Crippen LogP contribution is 2.54. The van der Waals surface area contributed by atoms with Gasteiger partial charge in [0.25, 0.3) is 0 Å². The van der Waals surface area contributed by atoms with Crippen molar-refractivity contribution in [3.63, 3.8) is 0 Å². The second-order valence-electron chi connectivity index (χ2n) is 8.35. The largest absolute Gasteiger partial charge is 0.496 e. The van der Waals surface area contributed by atoms with E-state index in [4.69, 9.17) is 25.8 Å². The number of hydrogen-bond donors (Lipinski definition) is 2. The van der Waals surface area contributed by atoms with Gasteiger partial charge in [0.15, 0.2) is 0 Å². The lowest BCUT2D eigenvalue weighted by atomic mass is 9.73. The van der Waals surface area contributed by atoms with E-state index in [9.17, 15) is 4.79 Å². The zero-order valence-corrected chi connectivity index (χ0v) is 17.7. The molecular formula is C22H25ClN2O4. The Labute approximate surface area is 175 Å². The van der Waals surface area contributed by atoms with Crippen LogP contribution in [0.3, 0.4) is 0 Å². The highest BCUT2D eigenvalue weighted by atomic mass is 35.5. The minimum atomic E-state index is -0.573. The van der Waals surface area contributed by atoms with E-state index in [1.807, 2.05) is 51.1 Å². The third-order valence-electron chi connectivity index (χ3n) is 5.30. The summed E-state index contributed by atoms with van der Waals surface area (Å²) in [6.45, 7) is 6.11. The topological polar surface area (TPSA) is 68.8 Å². The van der Waals surface area contributed by atoms with Crippen molar-refractivity contribution < 1.29 is 19.0 Å². The molecule has 0 bridgehead atoms. The van der Waals surface area contributed by atoms with Crippen LogP contribution in [0.5, 0.6) is 5.75 Å². The Morgan fingerprint density at radius 2 is 2.03 bits per heavy atom. The molecule has 1 fully saturated rings. The summed E-state index contributed by atoms with van der Waals surface area (Å²) in [4.78, 5) is 12.3. The van der Waals surface area contributed by atoms with Crippen molar-refractivity contribution in [2.24, 2.45) is 0 Å². The van der Waals surface area contributed by atoms with Gasteiger partial charge in [-0.3, -0.25) is 5.32 Å². The molecule has 2 aromatic carbocycles. The van der Waals surface area contributed by atoms with Gasteiger partial charge in [-0.2, -0.15) is 0 Å². The Hall–Kier alpha value is -2.44. The molecule has 7 heteroatoms. The van der Waals surface area contributed by atoms with E-state index in [2.05, 4.69) is 10.6 Å². The minimum Gasteiger partial charge on any atom is -0.496 e. The molecule has 6 nitrogen and oxygen atoms in total. The molecule has 2 heterocycles. The zero-order valence-electron chi connectivity index (χ0n) is 17.0. The van der Waals surface area contributed by atoms with Gasteiger partial charge in [-0.25, -0.2) is 4.79 Å². The van der Waals surface area contributed by atoms with Crippen LogP contribution in [0.15, 0.2) is 36.4 Å². The van der Waals surface area contributed by atoms with Crippen LogP contribution in [-0.4, -0.2) is 31.6 Å². The molecule has 2 aromatic rings. The summed E-state index contributed by atoms with van der Waals surface area (Å²) < 4.78 is 17.1. The van der Waals surface area contributed by atoms with Crippen LogP contribution in [0, 0.1) is 0 Å². The van der Waals surface area contributed by atoms with Crippen molar-refractivity contribution in [2.45, 2.75) is 44.4 Å². The lowest BCUT2D eigenvalue weighted by molar-refractivity contribution is 0.0636. The Morgan fingerprint density at radius 1 is 1.24 bits per heavy atom. The predicted octanol–water partition coefficient (Wildman–Crippen LogP) is 5.15. The van der Waals surface area contributed by atoms with Crippen LogP contribution in [0.4, 0.5) is 16.2 Å². The molecule has 0 aromatic heterocycles. The van der Waals surface area contributed by atoms with Crippen molar-refractivity contribution in [2.75, 3.05) is 24.4 Å². The maximum Gasteiger partial charge on any atom is 0.412 e. The maximum atomic E-state index is 12.3. The van der Waals surface area contributed by atoms with Crippen molar-refractivity contribution in [3.05, 3.63) is 52.5 Å². The first-order chi connectivity index (χ1) is 13.7. The summed E-state index contributed by atoms with van der Waals surface area (Å²) >= 11 is 6.20. The van der Waals surface area contributed by atoms with Gasteiger partial charge >= 0.3 is 6.09 Å². The van der Waals surface area contributed by atoms with Crippen molar-refractivity contribution in [1.82, 2.24) is 0 Å². The van der Waals surface area contributed by atoms with Crippen LogP contribution in [0.25, 0.3) is 0 Å². The third kappa shape index (κ3) is 3.51. The Kier molecular flexibility index (Phi) is 4.87. The standard InChI is InChI=1S/C22H25ClN2O4/c1-21(2,3)29-20(26)24-14-6-8-18(27-4)16(12-14)22-9-10-28-19(22)25-17-11-13(23)5-7-15(17)22/h5-8,11-12,19,25H,9-10H2,1-4H3,(H,24,26)/t19-,22-/m1/s1. The van der Waals surface area contributed by atoms with E-state index in [0.29, 0.717) is 17.3 Å². The highest BCUT2D eigenvalue weighted by Gasteiger charge is 2.54. The summed E-state index contributed by atoms with van der Waals surface area (Å²) in [6.07, 6.45) is 0.0506. The van der Waals surface area contributed by atoms with E-state index in [1.165, 1.54) is 0 Å². The maximum absolute atomic E-state index is 12.3. The van der Waals surface area contributed by atoms with Crippen LogP contribution in [0.2, 0.25) is 5.02 Å². The number of carbonyl (C=O) groups excluding carboxylic acids is 1. The van der Waals surface area contributed by atoms with Gasteiger partial charge in [-0.05, 0) is 63.1 Å². The lowest BCUT2D eigenvalue weighted by Crippen LogP contribution is -2.36. The fourth-order valence-electron chi connectivity index (χ4n) is 4.19. The quantitative estimate of drug-likeness (QED) is 0.723. The molecule has 0 unspecified atom stereocenters. The highest BCUT2D eigenvalue weighted by molar-refractivity contribution is 6.30. The van der Waals surface area contributed by atoms with Gasteiger partial charge in [-0.1, -0.05) is 17.7 Å². The second kappa shape index (κ2) is 7.11. The lowest BCUT2D eigenvalue weighted by Gasteiger charge is -2.31. The van der Waals surface area contributed by atoms with Gasteiger partial charge in [0, 0.05) is 22.0 Å². The zero-order chi connectivity index (χ0) is 20.8. The van der Waals surface area contributed by atoms with Crippen LogP contribution >= 0.6 is 11.6 Å². The van der Waals surface area contributed by atoms with Crippen molar-refractivity contribution in [3.8, 4) is 5.75 Å². The number of ether oxygens (including phenoxy) is 3. The molecule has 1 saturated heterocycles. The number of halogens is 1. The SMILES string of the molecule is COc1ccc(NC(=O)OC(C)(C)C)cc1[C@]12CCO[C@H]1Nc1cc(Cl)ccc12. The molecule has 4 rings (SSSR count). The average Bonchev–Trinajstić information content (AvgIpc) is 3.16. The monoisotopic (exact) mass is 416 g/mol. The van der Waals surface area contributed by atoms with E-state index in [-0.39, 0.29) is 6.23 Å². The molecule has 2 aliphatic heterocycles. The summed E-state index contributed by atoms with van der Waals surface area (Å²) in [5.41, 5.74) is 2.64. The van der Waals surface area contributed by atoms with Gasteiger partial charge in [0.2, 0.25) is 0 Å². The summed E-state index contributed by atoms with van der Waals surface area (Å²) in [7, 11) is 1.65. The molecule has 2 atom stereocenters. The summed E-state index contributed by atoms with van der Waals surface area (Å²) in [6, 6.07) is 11.4. The second-order valence-corrected chi connectivity index (χ2v) is 8.78. The molecule has 0 radical (unpaired) electrons. The Balaban J connectivity index is 1.77. The van der Waals surface area contributed by atoms with Gasteiger partial charge in [-0.15, -0.1) is 0 Å². The number of carbonyl (C=O) groups is 1. The number of hydrogen-bond acceptors (Lipinski definition) is 5. The van der Waals surface area contributed by atoms with Crippen LogP contribution in [-0.2, 0) is 14.9 Å². The van der Waals surface area contributed by atoms with Crippen molar-refractivity contribution >= 4 is 29.1 Å². The third-order valence-corrected chi connectivity index (χ3v) is 5.54. The van der Waals surface area contributed by atoms with Gasteiger partial charge < -0.3 is 19.5 Å². The smallest absolute Gasteiger partial charge is 0.412 e. The van der Waals surface area contributed by atoms with E-state index >= 15 is 0 Å². The molecule has 29 heavy (non-hydrogen) atoms. The molecule has 2 N–H and O–H groups in total. The van der Waals surface area contributed by atoms with Crippen LogP contribution < -0.4 is 15.4 Å². The molecule has 0 spiro atoms. The number of fused-ring (bicyclic) bond motifs is 3. The number of rotatable bonds is 3. The number of methoxy groups -OCH3 is 1. The van der Waals surface area contributed by atoms with Gasteiger partial charge in [0.1, 0.15) is 17.6 Å². The van der Waals surface area contributed by atoms with E-state index in [1.54, 1.807) is 13.2 Å². The van der Waals surface area contributed by atoms with Crippen LogP contribution in [0.1, 0.15) is 38.3 Å². The molecule has 0 saturated carbocycles. The molecular weight excluding hydrogens is 392 g/mol. The predicted molar refractivity (Wildman–Crippen MR) is 113 cm³/mol. The summed E-state index contributed by atoms with van der Waals surface area (Å²) in [5, 5.41) is 6.93. The fourth-order valence-corrected chi connectivity index (χ4v) is 4.37. The van der Waals surface area contributed by atoms with Crippen molar-refractivity contribution in [1.29, 1.82) is 0 Å². The van der Waals surface area contributed by atoms with E-state index < -0.39 is 17.1 Å². The Morgan fingerprint density at radius 3 is 2.76 bits per heavy atom. The minimum absolute atomic E-state index is 0.235. The first kappa shape index (κ1) is 19.9. The Bertz CT molecular complexity index is 956. The molecule has 154 valence electrons. The average molecular weight is 417 g/mol. The van der Waals surface area contributed by atoms with E-state index in [0.717, 1.165) is 29.0 Å². The van der Waals surface area contributed by atoms with Gasteiger partial charge in [0.05, 0.1) is 19.1 Å². The molecule has 0 aliphatic carbocycles. The number of anilines is 2. The summed E-state index contributed by atoms with van der Waals surface area (Å²) in [5.74, 6) is 0.736. The number of amides is 1. The normalized spacial score (nSPS) is 22.4. The molecule has 2 aliphatic rings. The fraction of sp³-hybridized carbons (Fsp3) is 0.409. The first-order valence-electron chi connectivity index (χ1n) is 9.60. The molecule has 1 amide bonds.